The van der Waals surface area contributed by atoms with Crippen LogP contribution in [0.15, 0.2) is 23.1 Å². The number of sulfonamides is 1. The second kappa shape index (κ2) is 6.44. The molecule has 2 rings (SSSR count). The zero-order valence-electron chi connectivity index (χ0n) is 13.0. The number of nitrogens with zero attached hydrogens (tertiary/aromatic N) is 2. The van der Waals surface area contributed by atoms with E-state index in [0.717, 1.165) is 30.5 Å². The van der Waals surface area contributed by atoms with E-state index in [9.17, 15) is 8.42 Å². The van der Waals surface area contributed by atoms with Crippen LogP contribution in [0.1, 0.15) is 24.0 Å². The number of hydrogen-bond donors (Lipinski definition) is 1. The van der Waals surface area contributed by atoms with E-state index in [4.69, 9.17) is 5.73 Å². The summed E-state index contributed by atoms with van der Waals surface area (Å²) in [6.45, 7) is 3.74. The highest BCUT2D eigenvalue weighted by atomic mass is 32.2. The molecule has 1 aliphatic rings. The Morgan fingerprint density at radius 1 is 1.43 bits per heavy atom. The Balaban J connectivity index is 2.24. The van der Waals surface area contributed by atoms with Crippen LogP contribution < -0.4 is 5.73 Å². The van der Waals surface area contributed by atoms with E-state index in [1.54, 1.807) is 13.1 Å². The predicted octanol–water partition coefficient (Wildman–Crippen LogP) is 1.17. The molecular formula is C15H25N3O2S. The summed E-state index contributed by atoms with van der Waals surface area (Å²) < 4.78 is 27.0. The molecule has 2 N–H and O–H groups in total. The monoisotopic (exact) mass is 311 g/mol. The molecule has 0 amide bonds. The number of likely N-dealkylation sites (tertiary alicyclic amines) is 1. The molecule has 0 saturated carbocycles. The fourth-order valence-corrected chi connectivity index (χ4v) is 4.30. The molecule has 0 aliphatic carbocycles. The van der Waals surface area contributed by atoms with Gasteiger partial charge in [0.25, 0.3) is 0 Å². The first-order valence-corrected chi connectivity index (χ1v) is 8.76. The first-order chi connectivity index (χ1) is 9.86. The molecule has 1 unspecified atom stereocenters. The lowest BCUT2D eigenvalue weighted by atomic mass is 10.1. The fraction of sp³-hybridized carbons (Fsp3) is 0.600. The molecule has 1 aromatic carbocycles. The third-order valence-electron chi connectivity index (χ3n) is 4.32. The van der Waals surface area contributed by atoms with E-state index in [1.165, 1.54) is 4.31 Å². The average Bonchev–Trinajstić information content (AvgIpc) is 2.84. The third kappa shape index (κ3) is 3.45. The molecule has 0 aromatic heterocycles. The Kier molecular flexibility index (Phi) is 5.03. The van der Waals surface area contributed by atoms with Gasteiger partial charge in [-0.1, -0.05) is 12.1 Å². The summed E-state index contributed by atoms with van der Waals surface area (Å²) in [6.07, 6.45) is 2.19. The van der Waals surface area contributed by atoms with Gasteiger partial charge in [0.15, 0.2) is 0 Å². The maximum Gasteiger partial charge on any atom is 0.243 e. The maximum atomic E-state index is 12.8. The summed E-state index contributed by atoms with van der Waals surface area (Å²) in [6, 6.07) is 5.70. The minimum Gasteiger partial charge on any atom is -0.326 e. The SMILES string of the molecule is Cc1ccc(CN)cc1S(=O)(=O)N(C)CC1CCCN1C. The topological polar surface area (TPSA) is 66.6 Å². The van der Waals surface area contributed by atoms with Gasteiger partial charge in [-0.05, 0) is 50.6 Å². The zero-order chi connectivity index (χ0) is 15.6. The molecular weight excluding hydrogens is 286 g/mol. The summed E-state index contributed by atoms with van der Waals surface area (Å²) in [5.74, 6) is 0. The van der Waals surface area contributed by atoms with E-state index in [1.807, 2.05) is 19.1 Å². The lowest BCUT2D eigenvalue weighted by molar-refractivity contribution is 0.271. The molecule has 21 heavy (non-hydrogen) atoms. The van der Waals surface area contributed by atoms with E-state index in [0.29, 0.717) is 24.0 Å². The molecule has 0 bridgehead atoms. The van der Waals surface area contributed by atoms with E-state index >= 15 is 0 Å². The van der Waals surface area contributed by atoms with Crippen LogP contribution in [0.2, 0.25) is 0 Å². The third-order valence-corrected chi connectivity index (χ3v) is 6.28. The van der Waals surface area contributed by atoms with Crippen molar-refractivity contribution in [3.8, 4) is 0 Å². The Morgan fingerprint density at radius 3 is 2.71 bits per heavy atom. The first-order valence-electron chi connectivity index (χ1n) is 7.32. The summed E-state index contributed by atoms with van der Waals surface area (Å²) in [5.41, 5.74) is 7.22. The Hall–Kier alpha value is -0.950. The molecule has 1 atom stereocenters. The maximum absolute atomic E-state index is 12.8. The van der Waals surface area contributed by atoms with Crippen LogP contribution in [0.25, 0.3) is 0 Å². The number of likely N-dealkylation sites (N-methyl/N-ethyl adjacent to an activating group) is 2. The van der Waals surface area contributed by atoms with Crippen molar-refractivity contribution in [3.05, 3.63) is 29.3 Å². The highest BCUT2D eigenvalue weighted by Gasteiger charge is 2.29. The predicted molar refractivity (Wildman–Crippen MR) is 84.5 cm³/mol. The second-order valence-electron chi connectivity index (χ2n) is 5.87. The molecule has 0 spiro atoms. The van der Waals surface area contributed by atoms with Gasteiger partial charge in [-0.15, -0.1) is 0 Å². The van der Waals surface area contributed by atoms with Gasteiger partial charge in [-0.3, -0.25) is 0 Å². The van der Waals surface area contributed by atoms with Crippen molar-refractivity contribution >= 4 is 10.0 Å². The Morgan fingerprint density at radius 2 is 2.14 bits per heavy atom. The van der Waals surface area contributed by atoms with Crippen molar-refractivity contribution < 1.29 is 8.42 Å². The fourth-order valence-electron chi connectivity index (χ4n) is 2.82. The molecule has 1 heterocycles. The van der Waals surface area contributed by atoms with Gasteiger partial charge < -0.3 is 10.6 Å². The van der Waals surface area contributed by atoms with E-state index in [-0.39, 0.29) is 0 Å². The number of hydrogen-bond acceptors (Lipinski definition) is 4. The molecule has 1 fully saturated rings. The molecule has 1 aliphatic heterocycles. The lowest BCUT2D eigenvalue weighted by Gasteiger charge is -2.26. The zero-order valence-corrected chi connectivity index (χ0v) is 13.9. The summed E-state index contributed by atoms with van der Waals surface area (Å²) in [4.78, 5) is 2.60. The van der Waals surface area contributed by atoms with Gasteiger partial charge in [0.2, 0.25) is 10.0 Å². The molecule has 1 aromatic rings. The van der Waals surface area contributed by atoms with Gasteiger partial charge in [0.05, 0.1) is 4.90 Å². The Labute approximate surface area is 127 Å². The second-order valence-corrected chi connectivity index (χ2v) is 7.88. The van der Waals surface area contributed by atoms with Crippen LogP contribution in [0.3, 0.4) is 0 Å². The van der Waals surface area contributed by atoms with Crippen molar-refractivity contribution in [2.24, 2.45) is 5.73 Å². The highest BCUT2D eigenvalue weighted by molar-refractivity contribution is 7.89. The molecule has 118 valence electrons. The summed E-state index contributed by atoms with van der Waals surface area (Å²) in [7, 11) is 0.255. The minimum atomic E-state index is -3.46. The summed E-state index contributed by atoms with van der Waals surface area (Å²) >= 11 is 0. The van der Waals surface area contributed by atoms with Crippen molar-refractivity contribution in [2.75, 3.05) is 27.2 Å². The Bertz CT molecular complexity index is 601. The van der Waals surface area contributed by atoms with Crippen molar-refractivity contribution in [1.29, 1.82) is 0 Å². The highest BCUT2D eigenvalue weighted by Crippen LogP contribution is 2.23. The van der Waals surface area contributed by atoms with Crippen LogP contribution in [0.5, 0.6) is 0 Å². The van der Waals surface area contributed by atoms with Gasteiger partial charge >= 0.3 is 0 Å². The van der Waals surface area contributed by atoms with Crippen LogP contribution in [-0.2, 0) is 16.6 Å². The van der Waals surface area contributed by atoms with Crippen LogP contribution in [0, 0.1) is 6.92 Å². The smallest absolute Gasteiger partial charge is 0.243 e. The molecule has 0 radical (unpaired) electrons. The number of nitrogens with two attached hydrogens (primary N) is 1. The van der Waals surface area contributed by atoms with Crippen molar-refractivity contribution in [3.63, 3.8) is 0 Å². The van der Waals surface area contributed by atoms with Gasteiger partial charge in [0.1, 0.15) is 0 Å². The first kappa shape index (κ1) is 16.4. The van der Waals surface area contributed by atoms with Crippen LogP contribution in [-0.4, -0.2) is 50.8 Å². The minimum absolute atomic E-state index is 0.308. The largest absolute Gasteiger partial charge is 0.326 e. The number of benzene rings is 1. The quantitative estimate of drug-likeness (QED) is 0.886. The normalized spacial score (nSPS) is 20.3. The lowest BCUT2D eigenvalue weighted by Crippen LogP contribution is -2.39. The van der Waals surface area contributed by atoms with Crippen LogP contribution in [0.4, 0.5) is 0 Å². The van der Waals surface area contributed by atoms with Gasteiger partial charge in [-0.25, -0.2) is 8.42 Å². The molecule has 1 saturated heterocycles. The molecule has 5 nitrogen and oxygen atoms in total. The van der Waals surface area contributed by atoms with Gasteiger partial charge in [0, 0.05) is 26.2 Å². The van der Waals surface area contributed by atoms with Crippen molar-refractivity contribution in [1.82, 2.24) is 9.21 Å². The van der Waals surface area contributed by atoms with Crippen LogP contribution >= 0.6 is 0 Å². The van der Waals surface area contributed by atoms with Crippen molar-refractivity contribution in [2.45, 2.75) is 37.2 Å². The number of rotatable bonds is 5. The molecule has 6 heteroatoms. The van der Waals surface area contributed by atoms with E-state index in [2.05, 4.69) is 11.9 Å². The standard InChI is InChI=1S/C15H25N3O2S/c1-12-6-7-13(10-16)9-15(12)21(19,20)18(3)11-14-5-4-8-17(14)2/h6-7,9,14H,4-5,8,10-11,16H2,1-3H3. The average molecular weight is 311 g/mol. The summed E-state index contributed by atoms with van der Waals surface area (Å²) in [5, 5.41) is 0. The number of aryl methyl sites for hydroxylation is 1. The van der Waals surface area contributed by atoms with E-state index < -0.39 is 10.0 Å². The van der Waals surface area contributed by atoms with Gasteiger partial charge in [-0.2, -0.15) is 4.31 Å².